The average molecular weight is 1340 g/mol. The smallest absolute Gasteiger partial charge is 0.341 e. The van der Waals surface area contributed by atoms with E-state index in [2.05, 4.69) is 40.7 Å². The van der Waals surface area contributed by atoms with Crippen molar-refractivity contribution in [1.29, 1.82) is 0 Å². The van der Waals surface area contributed by atoms with Crippen molar-refractivity contribution >= 4 is 5.97 Å². The number of aryl methyl sites for hydroxylation is 3. The van der Waals surface area contributed by atoms with Gasteiger partial charge in [-0.3, -0.25) is 0 Å². The van der Waals surface area contributed by atoms with E-state index in [0.717, 1.165) is 137 Å². The third-order valence-electron chi connectivity index (χ3n) is 18.0. The molecule has 0 spiro atoms. The number of unbranched alkanes of at least 4 members (excludes halogenated alkanes) is 22. The molecule has 0 radical (unpaired) electrons. The maximum Gasteiger partial charge on any atom is 0.341 e. The van der Waals surface area contributed by atoms with Gasteiger partial charge >= 0.3 is 5.97 Å². The Balaban J connectivity index is 0.732. The number of ether oxygens (including phenoxy) is 6. The summed E-state index contributed by atoms with van der Waals surface area (Å²) in [7, 11) is 0. The highest BCUT2D eigenvalue weighted by molar-refractivity contribution is 5.92. The maximum absolute atomic E-state index is 15.6. The Bertz CT molecular complexity index is 3480. The molecule has 0 aliphatic rings. The first kappa shape index (κ1) is 75.6. The molecule has 98 heavy (non-hydrogen) atoms. The van der Waals surface area contributed by atoms with Gasteiger partial charge in [0.05, 0.1) is 39.6 Å². The van der Waals surface area contributed by atoms with Crippen LogP contribution in [0.3, 0.4) is 0 Å². The molecule has 0 aliphatic heterocycles. The zero-order valence-electron chi connectivity index (χ0n) is 59.0. The Kier molecular flexibility index (Phi) is 34.5. The summed E-state index contributed by atoms with van der Waals surface area (Å²) < 4.78 is 67.6. The minimum absolute atomic E-state index is 0.209. The molecule has 2 aromatic heterocycles. The number of benzene rings is 6. The van der Waals surface area contributed by atoms with Gasteiger partial charge in [0.15, 0.2) is 23.3 Å². The molecule has 0 saturated heterocycles. The van der Waals surface area contributed by atoms with Crippen LogP contribution in [0.25, 0.3) is 45.0 Å². The first-order valence-corrected chi connectivity index (χ1v) is 37.2. The average Bonchev–Trinajstić information content (AvgIpc) is 0.803. The van der Waals surface area contributed by atoms with Crippen LogP contribution in [0.2, 0.25) is 0 Å². The summed E-state index contributed by atoms with van der Waals surface area (Å²) in [4.78, 5) is 32.2. The van der Waals surface area contributed by atoms with Gasteiger partial charge in [-0.15, -0.1) is 0 Å². The van der Waals surface area contributed by atoms with Crippen molar-refractivity contribution in [2.24, 2.45) is 0 Å². The molecule has 6 aromatic carbocycles. The number of rotatable bonds is 50. The summed E-state index contributed by atoms with van der Waals surface area (Å²) in [6.07, 6.45) is 41.6. The lowest BCUT2D eigenvalue weighted by molar-refractivity contribution is 0.0492. The molecular weight excluding hydrogens is 1230 g/mol. The van der Waals surface area contributed by atoms with E-state index in [0.29, 0.717) is 73.6 Å². The summed E-state index contributed by atoms with van der Waals surface area (Å²) in [5.41, 5.74) is 7.60. The van der Waals surface area contributed by atoms with Crippen molar-refractivity contribution in [1.82, 2.24) is 19.9 Å². The maximum atomic E-state index is 15.6. The van der Waals surface area contributed by atoms with Crippen LogP contribution in [0.15, 0.2) is 152 Å². The normalized spacial score (nSPS) is 11.2. The highest BCUT2D eigenvalue weighted by atomic mass is 19.2. The molecule has 0 bridgehead atoms. The fourth-order valence-electron chi connectivity index (χ4n) is 12.0. The lowest BCUT2D eigenvalue weighted by Crippen LogP contribution is -2.10. The van der Waals surface area contributed by atoms with Crippen LogP contribution in [0.1, 0.15) is 228 Å². The van der Waals surface area contributed by atoms with Gasteiger partial charge in [0.2, 0.25) is 0 Å². The Morgan fingerprint density at radius 2 is 0.633 bits per heavy atom. The number of aromatic nitrogens is 4. The van der Waals surface area contributed by atoms with Crippen molar-refractivity contribution < 1.29 is 42.0 Å². The Labute approximate surface area is 584 Å². The fourth-order valence-corrected chi connectivity index (χ4v) is 12.0. The summed E-state index contributed by atoms with van der Waals surface area (Å²) in [6.45, 7) is 9.67. The predicted octanol–water partition coefficient (Wildman–Crippen LogP) is 23.0. The Hall–Kier alpha value is -8.19. The Morgan fingerprint density at radius 3 is 1.05 bits per heavy atom. The predicted molar refractivity (Wildman–Crippen MR) is 394 cm³/mol. The molecule has 0 fully saturated rings. The second-order valence-electron chi connectivity index (χ2n) is 26.0. The van der Waals surface area contributed by atoms with E-state index in [-0.39, 0.29) is 11.1 Å². The van der Waals surface area contributed by atoms with Crippen molar-refractivity contribution in [3.63, 3.8) is 0 Å². The molecule has 0 unspecified atom stereocenters. The van der Waals surface area contributed by atoms with Gasteiger partial charge in [-0.05, 0) is 216 Å². The molecule has 13 heteroatoms. The molecule has 8 aromatic rings. The van der Waals surface area contributed by atoms with E-state index in [1.54, 1.807) is 48.5 Å². The molecule has 0 aliphatic carbocycles. The fraction of sp³-hybridized carbons (Fsp3) is 0.471. The van der Waals surface area contributed by atoms with Crippen LogP contribution in [-0.4, -0.2) is 65.5 Å². The van der Waals surface area contributed by atoms with Crippen LogP contribution >= 0.6 is 0 Å². The van der Waals surface area contributed by atoms with Gasteiger partial charge in [0.1, 0.15) is 34.3 Å². The minimum atomic E-state index is -0.864. The highest BCUT2D eigenvalue weighted by Gasteiger charge is 2.19. The molecule has 0 amide bonds. The number of nitrogens with zero attached hydrogens (tertiary/aromatic N) is 4. The monoisotopic (exact) mass is 1330 g/mol. The summed E-state index contributed by atoms with van der Waals surface area (Å²) >= 11 is 0. The van der Waals surface area contributed by atoms with Crippen LogP contribution < -0.4 is 23.7 Å². The van der Waals surface area contributed by atoms with Crippen LogP contribution in [0.5, 0.6) is 28.7 Å². The minimum Gasteiger partial charge on any atom is -0.494 e. The van der Waals surface area contributed by atoms with Gasteiger partial charge in [-0.1, -0.05) is 153 Å². The lowest BCUT2D eigenvalue weighted by atomic mass is 9.97. The van der Waals surface area contributed by atoms with Gasteiger partial charge in [-0.25, -0.2) is 33.5 Å². The molecule has 2 heterocycles. The lowest BCUT2D eigenvalue weighted by Gasteiger charge is -2.14. The zero-order chi connectivity index (χ0) is 68.5. The topological polar surface area (TPSA) is 124 Å². The molecule has 0 saturated carbocycles. The first-order valence-electron chi connectivity index (χ1n) is 37.2. The van der Waals surface area contributed by atoms with Crippen LogP contribution in [-0.2, 0) is 24.0 Å². The van der Waals surface area contributed by atoms with E-state index in [1.807, 2.05) is 104 Å². The van der Waals surface area contributed by atoms with Gasteiger partial charge < -0.3 is 28.4 Å². The van der Waals surface area contributed by atoms with Gasteiger partial charge in [0.25, 0.3) is 0 Å². The van der Waals surface area contributed by atoms with Crippen molar-refractivity contribution in [3.8, 4) is 73.8 Å². The van der Waals surface area contributed by atoms with E-state index in [4.69, 9.17) is 28.4 Å². The largest absolute Gasteiger partial charge is 0.494 e. The van der Waals surface area contributed by atoms with Gasteiger partial charge in [0, 0.05) is 53.1 Å². The number of hydrogen-bond acceptors (Lipinski definition) is 11. The van der Waals surface area contributed by atoms with Crippen LogP contribution in [0, 0.1) is 11.6 Å². The number of carbonyl (C=O) groups is 1. The second-order valence-corrected chi connectivity index (χ2v) is 26.0. The van der Waals surface area contributed by atoms with E-state index in [1.165, 1.54) is 113 Å². The molecule has 0 atom stereocenters. The quantitative estimate of drug-likeness (QED) is 0.0267. The third-order valence-corrected chi connectivity index (χ3v) is 18.0. The third kappa shape index (κ3) is 26.9. The molecule has 11 nitrogen and oxygen atoms in total. The molecule has 0 N–H and O–H groups in total. The summed E-state index contributed by atoms with van der Waals surface area (Å²) in [6, 6.07) is 39.6. The molecular formula is C85H108F2N4O7. The van der Waals surface area contributed by atoms with Crippen molar-refractivity contribution in [2.45, 2.75) is 220 Å². The molecule has 524 valence electrons. The van der Waals surface area contributed by atoms with Crippen molar-refractivity contribution in [3.05, 3.63) is 186 Å². The summed E-state index contributed by atoms with van der Waals surface area (Å²) in [5, 5.41) is 0. The van der Waals surface area contributed by atoms with Gasteiger partial charge in [-0.2, -0.15) is 0 Å². The first-order chi connectivity index (χ1) is 48.3. The highest BCUT2D eigenvalue weighted by Crippen LogP contribution is 2.34. The number of carbonyl (C=O) groups excluding carboxylic acids is 1. The number of esters is 1. The number of halogens is 2. The zero-order valence-corrected chi connectivity index (χ0v) is 59.0. The Morgan fingerprint density at radius 1 is 0.316 bits per heavy atom. The van der Waals surface area contributed by atoms with E-state index < -0.39 is 17.6 Å². The standard InChI is InChI=1S/C85H108F2N4O7/c1-4-7-10-13-15-24-33-67-62-88-83(89-63-67)71-41-47-74(48-42-71)94-56-26-17-18-29-58-96-76-51-52-79(85(92)98-60-31-22-20-28-57-95-75-49-43-72(44-50-75)84-90-64-68(65-91-84)34-25-16-14-11-8-5-2)80(61-76)97-59-30-21-19-27-55-93-73-45-39-70(40-46-73)78-54-53-77(81(86)82(78)87)69-37-35-66(36-38-69)32-23-12-9-6-3/h35-54,61-65H,4-34,55-60H2,1-3H3. The van der Waals surface area contributed by atoms with Crippen LogP contribution in [0.4, 0.5) is 8.78 Å². The second kappa shape index (κ2) is 44.7. The van der Waals surface area contributed by atoms with E-state index in [9.17, 15) is 4.79 Å². The van der Waals surface area contributed by atoms with Crippen molar-refractivity contribution in [2.75, 3.05) is 39.6 Å². The van der Waals surface area contributed by atoms with E-state index >= 15 is 8.78 Å². The molecule has 8 rings (SSSR count). The summed E-state index contributed by atoms with van der Waals surface area (Å²) in [5.74, 6) is 2.70. The number of hydrogen-bond donors (Lipinski definition) is 0. The SMILES string of the molecule is CCCCCCCCc1cnc(-c2ccc(OCCCCCCOC(=O)c3ccc(OCCCCCCOc4ccc(-c5ncc(CCCCCCCC)cn5)cc4)cc3OCCCCCCOc3ccc(-c4ccc(-c5ccc(CCCCCC)cc5)c(F)c4F)cc3)cc2)nc1.